The average Bonchev–Trinajstić information content (AvgIpc) is 2.64. The number of benzene rings is 2. The number of nitrogens with zero attached hydrogens (tertiary/aromatic N) is 3. The van der Waals surface area contributed by atoms with Crippen LogP contribution in [0.5, 0.6) is 0 Å². The molecule has 1 fully saturated rings. The van der Waals surface area contributed by atoms with Gasteiger partial charge >= 0.3 is 0 Å². The zero-order chi connectivity index (χ0) is 18.4. The predicted molar refractivity (Wildman–Crippen MR) is 100.0 cm³/mol. The lowest BCUT2D eigenvalue weighted by atomic mass is 10.1. The second-order valence-electron chi connectivity index (χ2n) is 6.64. The average molecular weight is 353 g/mol. The summed E-state index contributed by atoms with van der Waals surface area (Å²) in [6.45, 7) is 4.82. The van der Waals surface area contributed by atoms with Crippen LogP contribution in [-0.4, -0.2) is 53.2 Å². The van der Waals surface area contributed by atoms with Gasteiger partial charge in [0, 0.05) is 50.8 Å². The summed E-state index contributed by atoms with van der Waals surface area (Å²) < 4.78 is 0. The predicted octanol–water partition coefficient (Wildman–Crippen LogP) is 2.52. The number of ketones is 1. The van der Waals surface area contributed by atoms with Crippen molar-refractivity contribution < 1.29 is 9.72 Å². The molecule has 0 aliphatic carbocycles. The van der Waals surface area contributed by atoms with Crippen LogP contribution in [0.15, 0.2) is 54.6 Å². The van der Waals surface area contributed by atoms with Crippen molar-refractivity contribution in [2.24, 2.45) is 0 Å². The Morgan fingerprint density at radius 2 is 1.54 bits per heavy atom. The lowest BCUT2D eigenvalue weighted by Gasteiger charge is -2.34. The van der Waals surface area contributed by atoms with Crippen LogP contribution in [0.2, 0.25) is 0 Å². The van der Waals surface area contributed by atoms with Gasteiger partial charge in [0.25, 0.3) is 5.69 Å². The minimum absolute atomic E-state index is 0.0218. The number of hydrogen-bond acceptors (Lipinski definition) is 5. The number of nitro groups is 1. The van der Waals surface area contributed by atoms with Crippen molar-refractivity contribution in [2.45, 2.75) is 13.0 Å². The molecular weight excluding hydrogens is 330 g/mol. The maximum Gasteiger partial charge on any atom is 0.273 e. The van der Waals surface area contributed by atoms with Crippen molar-refractivity contribution in [3.05, 3.63) is 75.8 Å². The summed E-state index contributed by atoms with van der Waals surface area (Å²) in [5, 5.41) is 11.1. The Morgan fingerprint density at radius 3 is 2.23 bits per heavy atom. The topological polar surface area (TPSA) is 66.7 Å². The number of Topliss-reactive ketones (excluding diaryl/α,β-unsaturated/α-hetero) is 1. The fraction of sp³-hybridized carbons (Fsp3) is 0.350. The molecule has 1 aliphatic rings. The Hall–Kier alpha value is -2.57. The number of nitro benzene ring substituents is 1. The van der Waals surface area contributed by atoms with Crippen LogP contribution in [0.4, 0.5) is 5.69 Å². The van der Waals surface area contributed by atoms with Gasteiger partial charge in [0.15, 0.2) is 5.78 Å². The number of piperazine rings is 1. The van der Waals surface area contributed by atoms with E-state index in [1.807, 2.05) is 18.2 Å². The summed E-state index contributed by atoms with van der Waals surface area (Å²) in [6, 6.07) is 16.8. The molecule has 0 N–H and O–H groups in total. The second kappa shape index (κ2) is 8.69. The van der Waals surface area contributed by atoms with Crippen LogP contribution in [0.3, 0.4) is 0 Å². The molecule has 0 spiro atoms. The van der Waals surface area contributed by atoms with E-state index in [4.69, 9.17) is 0 Å². The third kappa shape index (κ3) is 4.97. The van der Waals surface area contributed by atoms with Gasteiger partial charge in [-0.2, -0.15) is 0 Å². The monoisotopic (exact) mass is 353 g/mol. The molecule has 2 aromatic rings. The normalized spacial score (nSPS) is 15.7. The maximum absolute atomic E-state index is 12.4. The van der Waals surface area contributed by atoms with Crippen molar-refractivity contribution in [2.75, 3.05) is 32.7 Å². The first-order valence-corrected chi connectivity index (χ1v) is 8.84. The minimum atomic E-state index is -0.426. The van der Waals surface area contributed by atoms with Gasteiger partial charge in [-0.3, -0.25) is 24.7 Å². The molecule has 26 heavy (non-hydrogen) atoms. The highest BCUT2D eigenvalue weighted by Gasteiger charge is 2.21. The molecule has 1 heterocycles. The third-order valence-electron chi connectivity index (χ3n) is 4.69. The van der Waals surface area contributed by atoms with Gasteiger partial charge in [0.05, 0.1) is 11.5 Å². The van der Waals surface area contributed by atoms with E-state index < -0.39 is 4.92 Å². The van der Waals surface area contributed by atoms with Crippen LogP contribution in [-0.2, 0) is 17.8 Å². The molecule has 0 bridgehead atoms. The standard InChI is InChI=1S/C20H23N3O3/c24-19(14-18-8-4-5-9-20(18)23(25)26)16-22-12-10-21(11-13-22)15-17-6-2-1-3-7-17/h1-9H,10-16H2. The molecule has 0 aromatic heterocycles. The lowest BCUT2D eigenvalue weighted by Crippen LogP contribution is -2.47. The summed E-state index contributed by atoms with van der Waals surface area (Å²) >= 11 is 0. The van der Waals surface area contributed by atoms with E-state index in [0.29, 0.717) is 12.1 Å². The highest BCUT2D eigenvalue weighted by atomic mass is 16.6. The summed E-state index contributed by atoms with van der Waals surface area (Å²) in [5.74, 6) is 0.0239. The fourth-order valence-electron chi connectivity index (χ4n) is 3.30. The molecule has 136 valence electrons. The molecule has 3 rings (SSSR count). The van der Waals surface area contributed by atoms with Gasteiger partial charge in [-0.25, -0.2) is 0 Å². The van der Waals surface area contributed by atoms with Crippen LogP contribution in [0, 0.1) is 10.1 Å². The molecule has 1 aliphatic heterocycles. The van der Waals surface area contributed by atoms with E-state index in [2.05, 4.69) is 21.9 Å². The van der Waals surface area contributed by atoms with Crippen molar-refractivity contribution in [1.29, 1.82) is 0 Å². The molecule has 1 saturated heterocycles. The quantitative estimate of drug-likeness (QED) is 0.565. The summed E-state index contributed by atoms with van der Waals surface area (Å²) in [7, 11) is 0. The summed E-state index contributed by atoms with van der Waals surface area (Å²) in [5.41, 5.74) is 1.81. The molecule has 0 radical (unpaired) electrons. The highest BCUT2D eigenvalue weighted by molar-refractivity contribution is 5.83. The van der Waals surface area contributed by atoms with E-state index in [1.54, 1.807) is 18.2 Å². The first-order chi connectivity index (χ1) is 12.6. The van der Waals surface area contributed by atoms with Crippen LogP contribution in [0.25, 0.3) is 0 Å². The Labute approximate surface area is 153 Å². The third-order valence-corrected chi connectivity index (χ3v) is 4.69. The van der Waals surface area contributed by atoms with E-state index in [0.717, 1.165) is 32.7 Å². The van der Waals surface area contributed by atoms with Crippen molar-refractivity contribution in [3.63, 3.8) is 0 Å². The molecule has 0 saturated carbocycles. The molecule has 6 nitrogen and oxygen atoms in total. The molecule has 0 atom stereocenters. The van der Waals surface area contributed by atoms with Gasteiger partial charge in [0.1, 0.15) is 0 Å². The molecular formula is C20H23N3O3. The Balaban J connectivity index is 1.47. The zero-order valence-corrected chi connectivity index (χ0v) is 14.7. The Bertz CT molecular complexity index is 756. The SMILES string of the molecule is O=C(Cc1ccccc1[N+](=O)[O-])CN1CCN(Cc2ccccc2)CC1. The van der Waals surface area contributed by atoms with Gasteiger partial charge < -0.3 is 0 Å². The Kier molecular flexibility index (Phi) is 6.09. The van der Waals surface area contributed by atoms with Gasteiger partial charge in [-0.05, 0) is 5.56 Å². The molecule has 0 unspecified atom stereocenters. The minimum Gasteiger partial charge on any atom is -0.298 e. The van der Waals surface area contributed by atoms with Gasteiger partial charge in [0.2, 0.25) is 0 Å². The number of carbonyl (C=O) groups is 1. The van der Waals surface area contributed by atoms with Gasteiger partial charge in [-0.1, -0.05) is 48.5 Å². The number of rotatable bonds is 7. The van der Waals surface area contributed by atoms with Crippen molar-refractivity contribution in [3.8, 4) is 0 Å². The van der Waals surface area contributed by atoms with Crippen LogP contribution < -0.4 is 0 Å². The molecule has 0 amide bonds. The zero-order valence-electron chi connectivity index (χ0n) is 14.7. The fourth-order valence-corrected chi connectivity index (χ4v) is 3.30. The summed E-state index contributed by atoms with van der Waals surface area (Å²) in [6.07, 6.45) is 0.112. The number of carbonyl (C=O) groups excluding carboxylic acids is 1. The molecule has 2 aromatic carbocycles. The smallest absolute Gasteiger partial charge is 0.273 e. The van der Waals surface area contributed by atoms with Crippen molar-refractivity contribution >= 4 is 11.5 Å². The number of hydrogen-bond donors (Lipinski definition) is 0. The summed E-state index contributed by atoms with van der Waals surface area (Å²) in [4.78, 5) is 27.5. The van der Waals surface area contributed by atoms with E-state index in [9.17, 15) is 14.9 Å². The second-order valence-corrected chi connectivity index (χ2v) is 6.64. The number of para-hydroxylation sites is 1. The van der Waals surface area contributed by atoms with E-state index in [-0.39, 0.29) is 17.9 Å². The molecule has 6 heteroatoms. The largest absolute Gasteiger partial charge is 0.298 e. The first kappa shape index (κ1) is 18.2. The van der Waals surface area contributed by atoms with E-state index in [1.165, 1.54) is 11.6 Å². The first-order valence-electron chi connectivity index (χ1n) is 8.84. The lowest BCUT2D eigenvalue weighted by molar-refractivity contribution is -0.385. The van der Waals surface area contributed by atoms with Crippen molar-refractivity contribution in [1.82, 2.24) is 9.80 Å². The Morgan fingerprint density at radius 1 is 0.923 bits per heavy atom. The maximum atomic E-state index is 12.4. The van der Waals surface area contributed by atoms with Gasteiger partial charge in [-0.15, -0.1) is 0 Å². The highest BCUT2D eigenvalue weighted by Crippen LogP contribution is 2.18. The van der Waals surface area contributed by atoms with Crippen LogP contribution >= 0.6 is 0 Å². The van der Waals surface area contributed by atoms with E-state index >= 15 is 0 Å². The van der Waals surface area contributed by atoms with Crippen LogP contribution in [0.1, 0.15) is 11.1 Å².